The zero-order valence-electron chi connectivity index (χ0n) is 14.9. The van der Waals surface area contributed by atoms with E-state index in [0.717, 1.165) is 35.3 Å². The smallest absolute Gasteiger partial charge is 0.191 e. The molecule has 0 aliphatic carbocycles. The zero-order chi connectivity index (χ0) is 17.9. The topological polar surface area (TPSA) is 72.1 Å². The molecule has 0 saturated carbocycles. The van der Waals surface area contributed by atoms with Gasteiger partial charge in [-0.2, -0.15) is 10.2 Å². The van der Waals surface area contributed by atoms with E-state index in [1.165, 1.54) is 19.3 Å². The summed E-state index contributed by atoms with van der Waals surface area (Å²) in [5, 5.41) is 9.43. The van der Waals surface area contributed by atoms with E-state index in [2.05, 4.69) is 20.1 Å². The second-order valence-electron chi connectivity index (χ2n) is 6.91. The molecule has 0 N–H and O–H groups in total. The monoisotopic (exact) mass is 350 g/mol. The molecule has 1 aliphatic rings. The number of nitrogens with zero attached hydrogens (tertiary/aromatic N) is 4. The van der Waals surface area contributed by atoms with Gasteiger partial charge in [0.2, 0.25) is 0 Å². The maximum Gasteiger partial charge on any atom is 0.191 e. The average molecular weight is 350 g/mol. The van der Waals surface area contributed by atoms with E-state index in [1.807, 2.05) is 31.2 Å². The summed E-state index contributed by atoms with van der Waals surface area (Å²) in [5.41, 5.74) is 2.46. The highest BCUT2D eigenvalue weighted by Gasteiger charge is 2.15. The van der Waals surface area contributed by atoms with E-state index in [-0.39, 0.29) is 5.78 Å². The van der Waals surface area contributed by atoms with Gasteiger partial charge in [-0.1, -0.05) is 6.42 Å². The fourth-order valence-corrected chi connectivity index (χ4v) is 3.45. The lowest BCUT2D eigenvalue weighted by Gasteiger charge is -2.25. The molecule has 0 atom stereocenters. The second-order valence-corrected chi connectivity index (χ2v) is 6.91. The maximum atomic E-state index is 12.4. The van der Waals surface area contributed by atoms with Gasteiger partial charge >= 0.3 is 0 Å². The minimum Gasteiger partial charge on any atom is -0.441 e. The van der Waals surface area contributed by atoms with Gasteiger partial charge in [-0.15, -0.1) is 0 Å². The molecule has 3 heterocycles. The molecule has 0 amide bonds. The SMILES string of the molecule is Cc1ncc(-c2ccc3nnc(CC(=O)CN4CCCCC4)cc3c2)o1. The van der Waals surface area contributed by atoms with E-state index in [9.17, 15) is 4.79 Å². The molecule has 2 aromatic heterocycles. The summed E-state index contributed by atoms with van der Waals surface area (Å²) in [6.45, 7) is 4.38. The van der Waals surface area contributed by atoms with E-state index in [4.69, 9.17) is 4.42 Å². The Bertz CT molecular complexity index is 928. The quantitative estimate of drug-likeness (QED) is 0.704. The number of aryl methyl sites for hydroxylation is 1. The summed E-state index contributed by atoms with van der Waals surface area (Å²) in [6, 6.07) is 7.80. The molecule has 0 bridgehead atoms. The molecule has 1 aromatic carbocycles. The standard InChI is InChI=1S/C20H22N4O2/c1-14-21-12-20(26-14)15-5-6-19-16(9-15)10-17(22-23-19)11-18(25)13-24-7-3-2-4-8-24/h5-6,9-10,12H,2-4,7-8,11,13H2,1H3. The average Bonchev–Trinajstić information content (AvgIpc) is 3.08. The molecule has 0 unspecified atom stereocenters. The Hall–Kier alpha value is -2.60. The normalized spacial score (nSPS) is 15.4. The van der Waals surface area contributed by atoms with Gasteiger partial charge in [-0.05, 0) is 50.2 Å². The fraction of sp³-hybridized carbons (Fsp3) is 0.400. The van der Waals surface area contributed by atoms with E-state index < -0.39 is 0 Å². The summed E-state index contributed by atoms with van der Waals surface area (Å²) in [6.07, 6.45) is 5.69. The number of carbonyl (C=O) groups excluding carboxylic acids is 1. The lowest BCUT2D eigenvalue weighted by Crippen LogP contribution is -2.35. The van der Waals surface area contributed by atoms with Gasteiger partial charge in [-0.25, -0.2) is 4.98 Å². The number of aromatic nitrogens is 3. The molecule has 0 spiro atoms. The van der Waals surface area contributed by atoms with Crippen molar-refractivity contribution < 1.29 is 9.21 Å². The minimum absolute atomic E-state index is 0.197. The first-order valence-electron chi connectivity index (χ1n) is 9.10. The van der Waals surface area contributed by atoms with Crippen LogP contribution >= 0.6 is 0 Å². The van der Waals surface area contributed by atoms with Crippen LogP contribution in [-0.2, 0) is 11.2 Å². The Morgan fingerprint density at radius 1 is 1.15 bits per heavy atom. The second kappa shape index (κ2) is 7.33. The first-order chi connectivity index (χ1) is 12.7. The van der Waals surface area contributed by atoms with Gasteiger partial charge in [0.15, 0.2) is 17.4 Å². The molecular formula is C20H22N4O2. The summed E-state index contributed by atoms with van der Waals surface area (Å²) >= 11 is 0. The van der Waals surface area contributed by atoms with Crippen LogP contribution in [0, 0.1) is 6.92 Å². The number of oxazole rings is 1. The van der Waals surface area contributed by atoms with Crippen LogP contribution in [0.15, 0.2) is 34.9 Å². The molecule has 3 aromatic rings. The highest BCUT2D eigenvalue weighted by molar-refractivity contribution is 5.86. The van der Waals surface area contributed by atoms with Crippen LogP contribution in [0.4, 0.5) is 0 Å². The Labute approximate surface area is 152 Å². The highest BCUT2D eigenvalue weighted by atomic mass is 16.4. The summed E-state index contributed by atoms with van der Waals surface area (Å²) in [5.74, 6) is 1.56. The number of likely N-dealkylation sites (tertiary alicyclic amines) is 1. The van der Waals surface area contributed by atoms with Crippen molar-refractivity contribution in [3.8, 4) is 11.3 Å². The Morgan fingerprint density at radius 3 is 2.77 bits per heavy atom. The van der Waals surface area contributed by atoms with Gasteiger partial charge < -0.3 is 4.42 Å². The van der Waals surface area contributed by atoms with Crippen molar-refractivity contribution in [1.29, 1.82) is 0 Å². The van der Waals surface area contributed by atoms with Gasteiger partial charge in [-0.3, -0.25) is 9.69 Å². The molecule has 1 fully saturated rings. The first-order valence-corrected chi connectivity index (χ1v) is 9.10. The van der Waals surface area contributed by atoms with Crippen LogP contribution in [0.5, 0.6) is 0 Å². The van der Waals surface area contributed by atoms with E-state index in [1.54, 1.807) is 6.20 Å². The maximum absolute atomic E-state index is 12.4. The van der Waals surface area contributed by atoms with Crippen LogP contribution in [0.25, 0.3) is 22.2 Å². The molecule has 6 heteroatoms. The van der Waals surface area contributed by atoms with Crippen molar-refractivity contribution in [3.05, 3.63) is 42.0 Å². The Balaban J connectivity index is 1.51. The summed E-state index contributed by atoms with van der Waals surface area (Å²) in [7, 11) is 0. The largest absolute Gasteiger partial charge is 0.441 e. The number of piperidine rings is 1. The van der Waals surface area contributed by atoms with Gasteiger partial charge in [0.25, 0.3) is 0 Å². The van der Waals surface area contributed by atoms with Crippen LogP contribution in [0.3, 0.4) is 0 Å². The van der Waals surface area contributed by atoms with Crippen molar-refractivity contribution in [2.45, 2.75) is 32.6 Å². The number of Topliss-reactive ketones (excluding diaryl/α,β-unsaturated/α-hetero) is 1. The van der Waals surface area contributed by atoms with Crippen LogP contribution in [0.1, 0.15) is 30.8 Å². The van der Waals surface area contributed by atoms with Crippen molar-refractivity contribution >= 4 is 16.7 Å². The lowest BCUT2D eigenvalue weighted by molar-refractivity contribution is -0.119. The number of ketones is 1. The van der Waals surface area contributed by atoms with Crippen molar-refractivity contribution in [1.82, 2.24) is 20.1 Å². The van der Waals surface area contributed by atoms with Crippen molar-refractivity contribution in [2.75, 3.05) is 19.6 Å². The molecule has 6 nitrogen and oxygen atoms in total. The predicted molar refractivity (Wildman–Crippen MR) is 98.8 cm³/mol. The zero-order valence-corrected chi connectivity index (χ0v) is 14.9. The number of fused-ring (bicyclic) bond motifs is 1. The number of hydrogen-bond donors (Lipinski definition) is 0. The molecule has 26 heavy (non-hydrogen) atoms. The minimum atomic E-state index is 0.197. The number of rotatable bonds is 5. The van der Waals surface area contributed by atoms with E-state index >= 15 is 0 Å². The third-order valence-electron chi connectivity index (χ3n) is 4.77. The lowest BCUT2D eigenvalue weighted by atomic mass is 10.1. The van der Waals surface area contributed by atoms with Crippen molar-refractivity contribution in [2.24, 2.45) is 0 Å². The molecule has 1 saturated heterocycles. The summed E-state index contributed by atoms with van der Waals surface area (Å²) < 4.78 is 5.59. The number of hydrogen-bond acceptors (Lipinski definition) is 6. The third-order valence-corrected chi connectivity index (χ3v) is 4.77. The Morgan fingerprint density at radius 2 is 2.00 bits per heavy atom. The van der Waals surface area contributed by atoms with Crippen LogP contribution in [-0.4, -0.2) is 45.5 Å². The highest BCUT2D eigenvalue weighted by Crippen LogP contribution is 2.24. The fourth-order valence-electron chi connectivity index (χ4n) is 3.45. The van der Waals surface area contributed by atoms with Crippen LogP contribution < -0.4 is 0 Å². The number of benzene rings is 1. The molecular weight excluding hydrogens is 328 g/mol. The molecule has 1 aliphatic heterocycles. The number of carbonyl (C=O) groups is 1. The Kier molecular flexibility index (Phi) is 4.75. The first kappa shape index (κ1) is 16.8. The van der Waals surface area contributed by atoms with Gasteiger partial charge in [0.1, 0.15) is 0 Å². The van der Waals surface area contributed by atoms with Crippen molar-refractivity contribution in [3.63, 3.8) is 0 Å². The van der Waals surface area contributed by atoms with Crippen LogP contribution in [0.2, 0.25) is 0 Å². The van der Waals surface area contributed by atoms with E-state index in [0.29, 0.717) is 24.6 Å². The van der Waals surface area contributed by atoms with Gasteiger partial charge in [0, 0.05) is 17.9 Å². The summed E-state index contributed by atoms with van der Waals surface area (Å²) in [4.78, 5) is 18.8. The molecule has 4 rings (SSSR count). The van der Waals surface area contributed by atoms with Gasteiger partial charge in [0.05, 0.1) is 30.4 Å². The predicted octanol–water partition coefficient (Wildman–Crippen LogP) is 3.19. The third kappa shape index (κ3) is 3.80. The molecule has 0 radical (unpaired) electrons. The molecule has 134 valence electrons.